The van der Waals surface area contributed by atoms with Gasteiger partial charge in [-0.15, -0.1) is 5.10 Å². The zero-order chi connectivity index (χ0) is 13.3. The first kappa shape index (κ1) is 13.1. The lowest BCUT2D eigenvalue weighted by molar-refractivity contribution is -0.150. The van der Waals surface area contributed by atoms with Gasteiger partial charge in [-0.3, -0.25) is 5.41 Å². The van der Waals surface area contributed by atoms with Crippen LogP contribution in [0.5, 0.6) is 0 Å². The lowest BCUT2D eigenvalue weighted by Crippen LogP contribution is -2.37. The van der Waals surface area contributed by atoms with Gasteiger partial charge in [-0.25, -0.2) is 4.68 Å². The monoisotopic (exact) mass is 280 g/mol. The third-order valence-electron chi connectivity index (χ3n) is 2.50. The van der Waals surface area contributed by atoms with Gasteiger partial charge < -0.3 is 5.73 Å². The Kier molecular flexibility index (Phi) is 3.46. The third-order valence-corrected chi connectivity index (χ3v) is 3.53. The molecule has 10 heteroatoms. The summed E-state index contributed by atoms with van der Waals surface area (Å²) in [6, 6.07) is 0.198. The molecule has 1 atom stereocenters. The molecule has 1 aliphatic carbocycles. The second-order valence-electron chi connectivity index (χ2n) is 4.00. The lowest BCUT2D eigenvalue weighted by atomic mass is 10.1. The minimum Gasteiger partial charge on any atom is -0.387 e. The molecule has 3 N–H and O–H groups in total. The Morgan fingerprint density at radius 3 is 2.72 bits per heavy atom. The molecule has 0 aromatic carbocycles. The number of thioether (sulfide) groups is 1. The first-order chi connectivity index (χ1) is 8.39. The number of alkyl halides is 3. The number of halogens is 3. The number of tetrazole rings is 1. The highest BCUT2D eigenvalue weighted by atomic mass is 32.2. The molecule has 1 aromatic heterocycles. The fourth-order valence-corrected chi connectivity index (χ4v) is 2.44. The van der Waals surface area contributed by atoms with Crippen molar-refractivity contribution in [3.8, 4) is 0 Å². The molecule has 0 aliphatic heterocycles. The van der Waals surface area contributed by atoms with Crippen LogP contribution in [0.25, 0.3) is 0 Å². The van der Waals surface area contributed by atoms with Gasteiger partial charge in [0.2, 0.25) is 5.16 Å². The highest BCUT2D eigenvalue weighted by Crippen LogP contribution is 2.37. The molecule has 2 rings (SSSR count). The van der Waals surface area contributed by atoms with E-state index < -0.39 is 17.9 Å². The van der Waals surface area contributed by atoms with Crippen LogP contribution in [0.15, 0.2) is 5.16 Å². The van der Waals surface area contributed by atoms with E-state index in [1.165, 1.54) is 4.68 Å². The summed E-state index contributed by atoms with van der Waals surface area (Å²) in [6.45, 7) is 0. The van der Waals surface area contributed by atoms with Gasteiger partial charge in [0.05, 0.1) is 6.04 Å². The van der Waals surface area contributed by atoms with E-state index in [9.17, 15) is 13.2 Å². The van der Waals surface area contributed by atoms with Crippen molar-refractivity contribution in [2.24, 2.45) is 11.7 Å². The van der Waals surface area contributed by atoms with E-state index in [2.05, 4.69) is 15.5 Å². The van der Waals surface area contributed by atoms with Crippen LogP contribution < -0.4 is 5.73 Å². The van der Waals surface area contributed by atoms with Crippen molar-refractivity contribution in [2.45, 2.75) is 30.2 Å². The van der Waals surface area contributed by atoms with E-state index in [0.29, 0.717) is 5.16 Å². The van der Waals surface area contributed by atoms with Gasteiger partial charge in [0.25, 0.3) is 0 Å². The van der Waals surface area contributed by atoms with Gasteiger partial charge in [0, 0.05) is 5.75 Å². The number of rotatable bonds is 5. The minimum atomic E-state index is -4.52. The molecule has 0 bridgehead atoms. The topological polar surface area (TPSA) is 93.5 Å². The molecule has 1 fully saturated rings. The first-order valence-electron chi connectivity index (χ1n) is 5.21. The Balaban J connectivity index is 2.01. The predicted molar refractivity (Wildman–Crippen MR) is 58.3 cm³/mol. The predicted octanol–water partition coefficient (Wildman–Crippen LogP) is 1.21. The highest BCUT2D eigenvalue weighted by molar-refractivity contribution is 7.99. The molecule has 6 nitrogen and oxygen atoms in total. The summed E-state index contributed by atoms with van der Waals surface area (Å²) in [7, 11) is 0. The fraction of sp³-hybridized carbons (Fsp3) is 0.750. The van der Waals surface area contributed by atoms with Crippen molar-refractivity contribution in [1.82, 2.24) is 20.2 Å². The average Bonchev–Trinajstić information content (AvgIpc) is 2.97. The fourth-order valence-electron chi connectivity index (χ4n) is 1.35. The summed E-state index contributed by atoms with van der Waals surface area (Å²) in [5.41, 5.74) is 4.96. The van der Waals surface area contributed by atoms with Crippen molar-refractivity contribution >= 4 is 17.6 Å². The number of hydrogen-bond acceptors (Lipinski definition) is 5. The maximum Gasteiger partial charge on any atom is 0.399 e. The van der Waals surface area contributed by atoms with E-state index >= 15 is 0 Å². The molecular weight excluding hydrogens is 269 g/mol. The van der Waals surface area contributed by atoms with Gasteiger partial charge in [0.15, 0.2) is 0 Å². The molecule has 1 saturated carbocycles. The third kappa shape index (κ3) is 2.92. The van der Waals surface area contributed by atoms with Crippen LogP contribution in [0.2, 0.25) is 0 Å². The van der Waals surface area contributed by atoms with E-state index in [0.717, 1.165) is 24.6 Å². The SMILES string of the molecule is N=C(N)C(CSc1nnnn1C1CC1)C(F)(F)F. The Labute approximate surface area is 105 Å². The van der Waals surface area contributed by atoms with Crippen molar-refractivity contribution < 1.29 is 13.2 Å². The summed E-state index contributed by atoms with van der Waals surface area (Å²) < 4.78 is 39.3. The van der Waals surface area contributed by atoms with Crippen LogP contribution in [0, 0.1) is 11.3 Å². The number of amidine groups is 1. The maximum absolute atomic E-state index is 12.6. The summed E-state index contributed by atoms with van der Waals surface area (Å²) in [6.07, 6.45) is -2.64. The second-order valence-corrected chi connectivity index (χ2v) is 4.98. The molecule has 0 saturated heterocycles. The zero-order valence-corrected chi connectivity index (χ0v) is 10.0. The summed E-state index contributed by atoms with van der Waals surface area (Å²) >= 11 is 0.871. The molecule has 18 heavy (non-hydrogen) atoms. The van der Waals surface area contributed by atoms with Gasteiger partial charge in [-0.05, 0) is 23.3 Å². The Morgan fingerprint density at radius 1 is 1.56 bits per heavy atom. The van der Waals surface area contributed by atoms with Gasteiger partial charge >= 0.3 is 6.18 Å². The summed E-state index contributed by atoms with van der Waals surface area (Å²) in [5, 5.41) is 18.2. The summed E-state index contributed by atoms with van der Waals surface area (Å²) in [5.74, 6) is -3.24. The molecule has 0 spiro atoms. The van der Waals surface area contributed by atoms with Crippen LogP contribution >= 0.6 is 11.8 Å². The average molecular weight is 280 g/mol. The van der Waals surface area contributed by atoms with Gasteiger partial charge in [-0.2, -0.15) is 13.2 Å². The van der Waals surface area contributed by atoms with Crippen molar-refractivity contribution in [2.75, 3.05) is 5.75 Å². The largest absolute Gasteiger partial charge is 0.399 e. The van der Waals surface area contributed by atoms with Crippen LogP contribution in [-0.2, 0) is 0 Å². The van der Waals surface area contributed by atoms with E-state index in [1.54, 1.807) is 0 Å². The Hall–Kier alpha value is -1.32. The van der Waals surface area contributed by atoms with Crippen LogP contribution in [-0.4, -0.2) is 38.0 Å². The van der Waals surface area contributed by atoms with Gasteiger partial charge in [0.1, 0.15) is 11.8 Å². The number of nitrogens with two attached hydrogens (primary N) is 1. The van der Waals surface area contributed by atoms with Crippen molar-refractivity contribution in [3.05, 3.63) is 0 Å². The van der Waals surface area contributed by atoms with Crippen LogP contribution in [0.4, 0.5) is 13.2 Å². The molecule has 1 aliphatic rings. The number of nitrogens with one attached hydrogen (secondary N) is 1. The van der Waals surface area contributed by atoms with Crippen molar-refractivity contribution in [1.29, 1.82) is 5.41 Å². The molecule has 0 amide bonds. The molecule has 1 aromatic rings. The molecule has 100 valence electrons. The standard InChI is InChI=1S/C8H11F3N6S/c9-8(10,11)5(6(12)13)3-18-7-14-15-16-17(7)4-1-2-4/h4-5H,1-3H2,(H3,12,13). The second kappa shape index (κ2) is 4.75. The maximum atomic E-state index is 12.6. The number of nitrogens with zero attached hydrogens (tertiary/aromatic N) is 4. The Morgan fingerprint density at radius 2 is 2.22 bits per heavy atom. The highest BCUT2D eigenvalue weighted by Gasteiger charge is 2.42. The lowest BCUT2D eigenvalue weighted by Gasteiger charge is -2.17. The normalized spacial score (nSPS) is 17.7. The van der Waals surface area contributed by atoms with E-state index in [4.69, 9.17) is 11.1 Å². The quantitative estimate of drug-likeness (QED) is 0.480. The van der Waals surface area contributed by atoms with Crippen LogP contribution in [0.3, 0.4) is 0 Å². The number of aromatic nitrogens is 4. The van der Waals surface area contributed by atoms with Crippen LogP contribution in [0.1, 0.15) is 18.9 Å². The first-order valence-corrected chi connectivity index (χ1v) is 6.19. The molecule has 1 unspecified atom stereocenters. The van der Waals surface area contributed by atoms with E-state index in [-0.39, 0.29) is 11.8 Å². The molecular formula is C8H11F3N6S. The van der Waals surface area contributed by atoms with E-state index in [1.807, 2.05) is 0 Å². The summed E-state index contributed by atoms with van der Waals surface area (Å²) in [4.78, 5) is 0. The zero-order valence-electron chi connectivity index (χ0n) is 9.18. The number of hydrogen-bond donors (Lipinski definition) is 2. The molecule has 1 heterocycles. The minimum absolute atomic E-state index is 0.198. The van der Waals surface area contributed by atoms with Crippen molar-refractivity contribution in [3.63, 3.8) is 0 Å². The Bertz CT molecular complexity index is 440. The molecule has 0 radical (unpaired) electrons. The smallest absolute Gasteiger partial charge is 0.387 e. The van der Waals surface area contributed by atoms with Gasteiger partial charge in [-0.1, -0.05) is 11.8 Å².